The number of nitrogens with one attached hydrogen (secondary N) is 1. The third kappa shape index (κ3) is 2.44. The van der Waals surface area contributed by atoms with Crippen LogP contribution in [0.1, 0.15) is 30.9 Å². The van der Waals surface area contributed by atoms with Crippen LogP contribution in [-0.4, -0.2) is 36.2 Å². The Labute approximate surface area is 117 Å². The minimum Gasteiger partial charge on any atom is -0.309 e. The Morgan fingerprint density at radius 3 is 2.45 bits per heavy atom. The average Bonchev–Trinajstić information content (AvgIpc) is 3.23. The van der Waals surface area contributed by atoms with E-state index in [1.54, 1.807) is 4.90 Å². The fraction of sp³-hybridized carbons (Fsp3) is 0.600. The third-order valence-corrected chi connectivity index (χ3v) is 4.46. The fourth-order valence-electron chi connectivity index (χ4n) is 3.12. The Hall–Kier alpha value is -1.07. The lowest BCUT2D eigenvalue weighted by atomic mass is 10.1. The van der Waals surface area contributed by atoms with Crippen LogP contribution in [0.25, 0.3) is 0 Å². The van der Waals surface area contributed by atoms with E-state index in [1.807, 2.05) is 30.3 Å². The van der Waals surface area contributed by atoms with Gasteiger partial charge in [0.2, 0.25) is 0 Å². The number of rotatable bonds is 2. The Balaban J connectivity index is 1.80. The van der Waals surface area contributed by atoms with Gasteiger partial charge < -0.3 is 5.32 Å². The van der Waals surface area contributed by atoms with Crippen LogP contribution in [0.5, 0.6) is 0 Å². The predicted molar refractivity (Wildman–Crippen MR) is 71.4 cm³/mol. The molecule has 2 fully saturated rings. The molecular formula is C15H19F3N2. The van der Waals surface area contributed by atoms with E-state index in [4.69, 9.17) is 0 Å². The summed E-state index contributed by atoms with van der Waals surface area (Å²) < 4.78 is 39.8. The van der Waals surface area contributed by atoms with Gasteiger partial charge in [0.25, 0.3) is 0 Å². The zero-order valence-electron chi connectivity index (χ0n) is 11.3. The van der Waals surface area contributed by atoms with Crippen molar-refractivity contribution < 1.29 is 13.2 Å². The van der Waals surface area contributed by atoms with Crippen molar-refractivity contribution in [3.05, 3.63) is 35.9 Å². The molecule has 2 nitrogen and oxygen atoms in total. The Morgan fingerprint density at radius 2 is 1.85 bits per heavy atom. The molecule has 0 spiro atoms. The molecule has 1 aliphatic carbocycles. The number of nitrogens with zero attached hydrogens (tertiary/aromatic N) is 1. The van der Waals surface area contributed by atoms with E-state index in [9.17, 15) is 13.2 Å². The van der Waals surface area contributed by atoms with Crippen molar-refractivity contribution in [1.29, 1.82) is 0 Å². The van der Waals surface area contributed by atoms with Gasteiger partial charge in [-0.3, -0.25) is 4.90 Å². The number of benzene rings is 1. The summed E-state index contributed by atoms with van der Waals surface area (Å²) >= 11 is 0. The average molecular weight is 284 g/mol. The lowest BCUT2D eigenvalue weighted by molar-refractivity contribution is -0.196. The van der Waals surface area contributed by atoms with Crippen molar-refractivity contribution in [2.24, 2.45) is 0 Å². The van der Waals surface area contributed by atoms with Gasteiger partial charge in [0, 0.05) is 19.1 Å². The summed E-state index contributed by atoms with van der Waals surface area (Å²) in [7, 11) is 0. The van der Waals surface area contributed by atoms with Crippen LogP contribution in [-0.2, 0) is 0 Å². The molecule has 1 saturated heterocycles. The molecule has 0 amide bonds. The van der Waals surface area contributed by atoms with Gasteiger partial charge in [0.05, 0.1) is 0 Å². The molecule has 1 atom stereocenters. The van der Waals surface area contributed by atoms with Crippen LogP contribution < -0.4 is 5.32 Å². The SMILES string of the molecule is FC(F)(F)C1(N2CCCNC(c3ccccc3)C2)CC1. The molecule has 5 heteroatoms. The first kappa shape index (κ1) is 13.9. The fourth-order valence-corrected chi connectivity index (χ4v) is 3.12. The summed E-state index contributed by atoms with van der Waals surface area (Å²) in [6.45, 7) is 1.73. The van der Waals surface area contributed by atoms with E-state index in [-0.39, 0.29) is 18.9 Å². The molecule has 0 radical (unpaired) electrons. The van der Waals surface area contributed by atoms with Gasteiger partial charge in [-0.25, -0.2) is 0 Å². The second-order valence-corrected chi connectivity index (χ2v) is 5.75. The van der Waals surface area contributed by atoms with Gasteiger partial charge in [0.1, 0.15) is 5.54 Å². The van der Waals surface area contributed by atoms with Gasteiger partial charge in [-0.05, 0) is 31.4 Å². The first-order chi connectivity index (χ1) is 9.53. The predicted octanol–water partition coefficient (Wildman–Crippen LogP) is 3.12. The van der Waals surface area contributed by atoms with Crippen molar-refractivity contribution in [2.75, 3.05) is 19.6 Å². The highest BCUT2D eigenvalue weighted by Gasteiger charge is 2.66. The third-order valence-electron chi connectivity index (χ3n) is 4.46. The monoisotopic (exact) mass is 284 g/mol. The van der Waals surface area contributed by atoms with Gasteiger partial charge in [0.15, 0.2) is 0 Å². The molecule has 1 aromatic carbocycles. The lowest BCUT2D eigenvalue weighted by Gasteiger charge is -2.34. The van der Waals surface area contributed by atoms with E-state index >= 15 is 0 Å². The molecule has 110 valence electrons. The normalized spacial score (nSPS) is 27.1. The maximum absolute atomic E-state index is 13.3. The topological polar surface area (TPSA) is 15.3 Å². The molecule has 1 aromatic rings. The number of hydrogen-bond acceptors (Lipinski definition) is 2. The van der Waals surface area contributed by atoms with Crippen LogP contribution in [0.15, 0.2) is 30.3 Å². The molecule has 20 heavy (non-hydrogen) atoms. The minimum absolute atomic E-state index is 0.0153. The number of hydrogen-bond donors (Lipinski definition) is 1. The second kappa shape index (κ2) is 5.04. The largest absolute Gasteiger partial charge is 0.406 e. The highest BCUT2D eigenvalue weighted by atomic mass is 19.4. The van der Waals surface area contributed by atoms with Crippen molar-refractivity contribution in [3.8, 4) is 0 Å². The van der Waals surface area contributed by atoms with Gasteiger partial charge in [-0.15, -0.1) is 0 Å². The Morgan fingerprint density at radius 1 is 1.15 bits per heavy atom. The van der Waals surface area contributed by atoms with Crippen LogP contribution in [0.3, 0.4) is 0 Å². The highest BCUT2D eigenvalue weighted by Crippen LogP contribution is 2.54. The lowest BCUT2D eigenvalue weighted by Crippen LogP contribution is -2.50. The maximum atomic E-state index is 13.3. The van der Waals surface area contributed by atoms with Crippen molar-refractivity contribution in [1.82, 2.24) is 10.2 Å². The van der Waals surface area contributed by atoms with Crippen LogP contribution in [0, 0.1) is 0 Å². The van der Waals surface area contributed by atoms with Crippen molar-refractivity contribution in [2.45, 2.75) is 37.0 Å². The zero-order valence-corrected chi connectivity index (χ0v) is 11.3. The Kier molecular flexibility index (Phi) is 3.50. The molecule has 1 saturated carbocycles. The van der Waals surface area contributed by atoms with Crippen LogP contribution in [0.2, 0.25) is 0 Å². The number of alkyl halides is 3. The smallest absolute Gasteiger partial charge is 0.309 e. The van der Waals surface area contributed by atoms with Crippen LogP contribution >= 0.6 is 0 Å². The summed E-state index contributed by atoms with van der Waals surface area (Å²) in [5.74, 6) is 0. The molecular weight excluding hydrogens is 265 g/mol. The molecule has 3 rings (SSSR count). The molecule has 0 bridgehead atoms. The molecule has 1 aliphatic heterocycles. The summed E-state index contributed by atoms with van der Waals surface area (Å²) in [4.78, 5) is 1.66. The highest BCUT2D eigenvalue weighted by molar-refractivity contribution is 5.21. The van der Waals surface area contributed by atoms with E-state index in [1.165, 1.54) is 0 Å². The van der Waals surface area contributed by atoms with Gasteiger partial charge in [-0.1, -0.05) is 30.3 Å². The summed E-state index contributed by atoms with van der Waals surface area (Å²) in [6, 6.07) is 9.74. The summed E-state index contributed by atoms with van der Waals surface area (Å²) in [5.41, 5.74) is -0.483. The summed E-state index contributed by atoms with van der Waals surface area (Å²) in [5, 5.41) is 3.37. The van der Waals surface area contributed by atoms with E-state index < -0.39 is 11.7 Å². The molecule has 1 heterocycles. The molecule has 1 unspecified atom stereocenters. The zero-order chi connectivity index (χ0) is 14.2. The maximum Gasteiger partial charge on any atom is 0.406 e. The first-order valence-corrected chi connectivity index (χ1v) is 7.13. The molecule has 1 N–H and O–H groups in total. The van der Waals surface area contributed by atoms with Gasteiger partial charge >= 0.3 is 6.18 Å². The first-order valence-electron chi connectivity index (χ1n) is 7.13. The standard InChI is InChI=1S/C15H19F3N2/c16-15(17,18)14(7-8-14)20-10-4-9-19-13(11-20)12-5-2-1-3-6-12/h1-3,5-6,13,19H,4,7-11H2. The van der Waals surface area contributed by atoms with Crippen molar-refractivity contribution in [3.63, 3.8) is 0 Å². The summed E-state index contributed by atoms with van der Waals surface area (Å²) in [6.07, 6.45) is -2.85. The minimum atomic E-state index is -4.11. The van der Waals surface area contributed by atoms with Gasteiger partial charge in [-0.2, -0.15) is 13.2 Å². The van der Waals surface area contributed by atoms with Crippen LogP contribution in [0.4, 0.5) is 13.2 Å². The number of halogens is 3. The van der Waals surface area contributed by atoms with E-state index in [0.29, 0.717) is 13.1 Å². The van der Waals surface area contributed by atoms with E-state index in [0.717, 1.165) is 18.5 Å². The Bertz CT molecular complexity index is 454. The van der Waals surface area contributed by atoms with Crippen molar-refractivity contribution >= 4 is 0 Å². The molecule has 2 aliphatic rings. The molecule has 0 aromatic heterocycles. The quantitative estimate of drug-likeness (QED) is 0.897. The second-order valence-electron chi connectivity index (χ2n) is 5.75. The van der Waals surface area contributed by atoms with E-state index in [2.05, 4.69) is 5.32 Å².